The molecule has 1 saturated heterocycles. The van der Waals surface area contributed by atoms with Gasteiger partial charge in [-0.2, -0.15) is 0 Å². The van der Waals surface area contributed by atoms with E-state index in [9.17, 15) is 5.11 Å². The van der Waals surface area contributed by atoms with Gasteiger partial charge in [0.2, 0.25) is 5.89 Å². The van der Waals surface area contributed by atoms with E-state index >= 15 is 0 Å². The fourth-order valence-corrected chi connectivity index (χ4v) is 2.61. The number of benzene rings is 1. The first kappa shape index (κ1) is 14.0. The molecule has 0 radical (unpaired) electrons. The molecule has 1 unspecified atom stereocenters. The van der Waals surface area contributed by atoms with Gasteiger partial charge in [-0.25, -0.2) is 0 Å². The van der Waals surface area contributed by atoms with Crippen LogP contribution in [0.25, 0.3) is 11.5 Å². The highest BCUT2D eigenvalue weighted by Crippen LogP contribution is 2.28. The maximum atomic E-state index is 9.68. The Hall–Kier alpha value is -1.92. The van der Waals surface area contributed by atoms with E-state index in [1.54, 1.807) is 7.11 Å². The lowest BCUT2D eigenvalue weighted by molar-refractivity contribution is 0.0625. The molecule has 1 atom stereocenters. The lowest BCUT2D eigenvalue weighted by atomic mass is 10.1. The summed E-state index contributed by atoms with van der Waals surface area (Å²) < 4.78 is 11.0. The van der Waals surface area contributed by atoms with Crippen molar-refractivity contribution in [2.45, 2.75) is 25.5 Å². The highest BCUT2D eigenvalue weighted by atomic mass is 16.5. The van der Waals surface area contributed by atoms with Gasteiger partial charge in [0.25, 0.3) is 5.89 Å². The number of ether oxygens (including phenoxy) is 1. The second-order valence-corrected chi connectivity index (χ2v) is 5.23. The van der Waals surface area contributed by atoms with Crippen LogP contribution in [0.2, 0.25) is 0 Å². The number of likely N-dealkylation sites (tertiary alicyclic amines) is 1. The molecule has 0 bridgehead atoms. The van der Waals surface area contributed by atoms with Gasteiger partial charge in [0.1, 0.15) is 5.75 Å². The summed E-state index contributed by atoms with van der Waals surface area (Å²) in [6.07, 6.45) is 1.61. The molecule has 1 aliphatic heterocycles. The Bertz CT molecular complexity index is 599. The number of hydrogen-bond donors (Lipinski definition) is 1. The van der Waals surface area contributed by atoms with Crippen molar-refractivity contribution in [3.63, 3.8) is 0 Å². The molecular formula is C15H19N3O3. The molecule has 0 saturated carbocycles. The summed E-state index contributed by atoms with van der Waals surface area (Å²) in [7, 11) is 1.62. The molecule has 0 amide bonds. The second-order valence-electron chi connectivity index (χ2n) is 5.23. The smallest absolute Gasteiger partial charge is 0.251 e. The van der Waals surface area contributed by atoms with Crippen molar-refractivity contribution in [3.05, 3.63) is 30.2 Å². The van der Waals surface area contributed by atoms with Crippen LogP contribution < -0.4 is 4.74 Å². The first-order valence-corrected chi connectivity index (χ1v) is 7.12. The van der Waals surface area contributed by atoms with Crippen LogP contribution in [-0.2, 0) is 6.54 Å². The van der Waals surface area contributed by atoms with Crippen LogP contribution in [0.3, 0.4) is 0 Å². The zero-order valence-electron chi connectivity index (χ0n) is 12.0. The van der Waals surface area contributed by atoms with Gasteiger partial charge in [-0.05, 0) is 31.5 Å². The molecule has 112 valence electrons. The van der Waals surface area contributed by atoms with Gasteiger partial charge in [-0.3, -0.25) is 4.90 Å². The molecule has 1 aromatic carbocycles. The lowest BCUT2D eigenvalue weighted by Crippen LogP contribution is -2.37. The van der Waals surface area contributed by atoms with E-state index in [1.165, 1.54) is 0 Å². The van der Waals surface area contributed by atoms with Crippen LogP contribution in [-0.4, -0.2) is 46.5 Å². The van der Waals surface area contributed by atoms with Gasteiger partial charge in [0, 0.05) is 6.54 Å². The molecule has 3 rings (SSSR count). The molecule has 2 heterocycles. The molecule has 1 N–H and O–H groups in total. The fourth-order valence-electron chi connectivity index (χ4n) is 2.61. The van der Waals surface area contributed by atoms with Gasteiger partial charge in [0.05, 0.1) is 25.3 Å². The third kappa shape index (κ3) is 3.22. The number of aromatic nitrogens is 2. The first-order valence-electron chi connectivity index (χ1n) is 7.12. The van der Waals surface area contributed by atoms with Gasteiger partial charge in [-0.15, -0.1) is 10.2 Å². The van der Waals surface area contributed by atoms with Gasteiger partial charge in [0.15, 0.2) is 0 Å². The van der Waals surface area contributed by atoms with Gasteiger partial charge >= 0.3 is 0 Å². The average molecular weight is 289 g/mol. The molecule has 6 heteroatoms. The van der Waals surface area contributed by atoms with Crippen molar-refractivity contribution in [1.29, 1.82) is 0 Å². The molecule has 1 aliphatic rings. The summed E-state index contributed by atoms with van der Waals surface area (Å²) in [5.41, 5.74) is 0.789. The summed E-state index contributed by atoms with van der Waals surface area (Å²) >= 11 is 0. The number of nitrogens with zero attached hydrogens (tertiary/aromatic N) is 3. The minimum absolute atomic E-state index is 0.254. The number of methoxy groups -OCH3 is 1. The second kappa shape index (κ2) is 6.24. The Kier molecular flexibility index (Phi) is 4.17. The number of para-hydroxylation sites is 1. The molecule has 21 heavy (non-hydrogen) atoms. The SMILES string of the molecule is COc1ccccc1-c1nnc(CN2CCCC(O)C2)o1. The molecule has 1 fully saturated rings. The van der Waals surface area contributed by atoms with Crippen molar-refractivity contribution in [2.75, 3.05) is 20.2 Å². The zero-order valence-corrected chi connectivity index (χ0v) is 12.0. The Labute approximate surface area is 123 Å². The summed E-state index contributed by atoms with van der Waals surface area (Å²) in [6, 6.07) is 7.55. The zero-order chi connectivity index (χ0) is 14.7. The first-order chi connectivity index (χ1) is 10.3. The number of β-amino-alcohol motifs (C(OH)–C–C–N with tert-alkyl or cyclic N) is 1. The van der Waals surface area contributed by atoms with E-state index in [0.29, 0.717) is 30.6 Å². The van der Waals surface area contributed by atoms with E-state index in [1.807, 2.05) is 24.3 Å². The monoisotopic (exact) mass is 289 g/mol. The van der Waals surface area contributed by atoms with Crippen molar-refractivity contribution in [2.24, 2.45) is 0 Å². The lowest BCUT2D eigenvalue weighted by Gasteiger charge is -2.28. The van der Waals surface area contributed by atoms with E-state index < -0.39 is 0 Å². The van der Waals surface area contributed by atoms with Gasteiger partial charge in [-0.1, -0.05) is 12.1 Å². The highest BCUT2D eigenvalue weighted by molar-refractivity contribution is 5.62. The number of aliphatic hydroxyl groups is 1. The predicted octanol–water partition coefficient (Wildman–Crippen LogP) is 1.70. The largest absolute Gasteiger partial charge is 0.496 e. The van der Waals surface area contributed by atoms with Crippen molar-refractivity contribution >= 4 is 0 Å². The fraction of sp³-hybridized carbons (Fsp3) is 0.467. The molecule has 6 nitrogen and oxygen atoms in total. The number of aliphatic hydroxyl groups excluding tert-OH is 1. The average Bonchev–Trinajstić information content (AvgIpc) is 2.95. The molecule has 0 aliphatic carbocycles. The number of hydrogen-bond acceptors (Lipinski definition) is 6. The molecule has 1 aromatic heterocycles. The van der Waals surface area contributed by atoms with Crippen molar-refractivity contribution in [3.8, 4) is 17.2 Å². The summed E-state index contributed by atoms with van der Waals surface area (Å²) in [6.45, 7) is 2.18. The van der Waals surface area contributed by atoms with Crippen LogP contribution >= 0.6 is 0 Å². The predicted molar refractivity (Wildman–Crippen MR) is 76.8 cm³/mol. The van der Waals surface area contributed by atoms with E-state index in [0.717, 1.165) is 24.9 Å². The third-order valence-corrected chi connectivity index (χ3v) is 3.64. The topological polar surface area (TPSA) is 71.6 Å². The Balaban J connectivity index is 1.74. The summed E-state index contributed by atoms with van der Waals surface area (Å²) in [5, 5.41) is 17.9. The Morgan fingerprint density at radius 2 is 2.24 bits per heavy atom. The summed E-state index contributed by atoms with van der Waals surface area (Å²) in [4.78, 5) is 2.13. The Morgan fingerprint density at radius 3 is 3.05 bits per heavy atom. The minimum Gasteiger partial charge on any atom is -0.496 e. The number of rotatable bonds is 4. The van der Waals surface area contributed by atoms with Crippen LogP contribution in [0.1, 0.15) is 18.7 Å². The van der Waals surface area contributed by atoms with Crippen molar-refractivity contribution < 1.29 is 14.3 Å². The van der Waals surface area contributed by atoms with Gasteiger partial charge < -0.3 is 14.3 Å². The van der Waals surface area contributed by atoms with Crippen LogP contribution in [0.15, 0.2) is 28.7 Å². The van der Waals surface area contributed by atoms with Crippen LogP contribution in [0.4, 0.5) is 0 Å². The molecule has 0 spiro atoms. The maximum Gasteiger partial charge on any atom is 0.251 e. The quantitative estimate of drug-likeness (QED) is 0.923. The molecule has 2 aromatic rings. The van der Waals surface area contributed by atoms with E-state index in [-0.39, 0.29) is 6.10 Å². The minimum atomic E-state index is -0.254. The van der Waals surface area contributed by atoms with Crippen LogP contribution in [0.5, 0.6) is 5.75 Å². The normalized spacial score (nSPS) is 19.6. The third-order valence-electron chi connectivity index (χ3n) is 3.64. The van der Waals surface area contributed by atoms with Crippen molar-refractivity contribution in [1.82, 2.24) is 15.1 Å². The Morgan fingerprint density at radius 1 is 1.38 bits per heavy atom. The maximum absolute atomic E-state index is 9.68. The highest BCUT2D eigenvalue weighted by Gasteiger charge is 2.20. The molecular weight excluding hydrogens is 270 g/mol. The summed E-state index contributed by atoms with van der Waals surface area (Å²) in [5.74, 6) is 1.73. The number of piperidine rings is 1. The van der Waals surface area contributed by atoms with Crippen LogP contribution in [0, 0.1) is 0 Å². The van der Waals surface area contributed by atoms with E-state index in [2.05, 4.69) is 15.1 Å². The standard InChI is InChI=1S/C15H19N3O3/c1-20-13-7-3-2-6-12(13)15-17-16-14(21-15)10-18-8-4-5-11(19)9-18/h2-3,6-7,11,19H,4-5,8-10H2,1H3. The van der Waals surface area contributed by atoms with E-state index in [4.69, 9.17) is 9.15 Å².